The van der Waals surface area contributed by atoms with Crippen LogP contribution >= 0.6 is 11.8 Å². The first-order valence-corrected chi connectivity index (χ1v) is 18.8. The Morgan fingerprint density at radius 1 is 0.442 bits per heavy atom. The zero-order valence-corrected chi connectivity index (χ0v) is 29.6. The van der Waals surface area contributed by atoms with Crippen LogP contribution in [-0.2, 0) is 0 Å². The van der Waals surface area contributed by atoms with Crippen molar-refractivity contribution in [1.82, 2.24) is 19.9 Å². The van der Waals surface area contributed by atoms with E-state index in [1.807, 2.05) is 11.8 Å². The number of fused-ring (bicyclic) bond motifs is 8. The highest BCUT2D eigenvalue weighted by atomic mass is 32.2. The number of nitrogens with one attached hydrogen (secondary N) is 2. The molecule has 4 nitrogen and oxygen atoms in total. The molecule has 0 aliphatic carbocycles. The molecule has 0 amide bonds. The Hall–Kier alpha value is -6.17. The quantitative estimate of drug-likeness (QED) is 0.164. The SMILES string of the molecule is CCCSc1cc2[nH]c1c(-c1ccccc1)c1nc(c(-c3ccccc3)c3ccc([nH]3)c(-c3ccccc3)c3nc(c2-c2ccccc2)C=C3)C=C1. The van der Waals surface area contributed by atoms with E-state index in [9.17, 15) is 0 Å². The van der Waals surface area contributed by atoms with Gasteiger partial charge < -0.3 is 9.97 Å². The molecular formula is C47H36N4S. The van der Waals surface area contributed by atoms with Crippen molar-refractivity contribution in [3.63, 3.8) is 0 Å². The van der Waals surface area contributed by atoms with E-state index in [0.717, 1.165) is 102 Å². The van der Waals surface area contributed by atoms with Gasteiger partial charge in [0, 0.05) is 43.7 Å². The molecule has 2 aliphatic rings. The number of hydrogen-bond acceptors (Lipinski definition) is 3. The van der Waals surface area contributed by atoms with Crippen LogP contribution < -0.4 is 0 Å². The molecule has 0 fully saturated rings. The van der Waals surface area contributed by atoms with Crippen molar-refractivity contribution in [1.29, 1.82) is 0 Å². The monoisotopic (exact) mass is 688 g/mol. The molecule has 2 aliphatic heterocycles. The number of hydrogen-bond donors (Lipinski definition) is 2. The normalized spacial score (nSPS) is 12.0. The molecule has 52 heavy (non-hydrogen) atoms. The van der Waals surface area contributed by atoms with Crippen LogP contribution in [0.5, 0.6) is 0 Å². The van der Waals surface area contributed by atoms with E-state index in [0.29, 0.717) is 0 Å². The number of aromatic nitrogens is 4. The first kappa shape index (κ1) is 31.8. The number of benzene rings is 4. The van der Waals surface area contributed by atoms with E-state index >= 15 is 0 Å². The average molecular weight is 689 g/mol. The fourth-order valence-electron chi connectivity index (χ4n) is 7.21. The Morgan fingerprint density at radius 2 is 0.827 bits per heavy atom. The number of thioether (sulfide) groups is 1. The molecule has 4 aromatic carbocycles. The summed E-state index contributed by atoms with van der Waals surface area (Å²) in [5.41, 5.74) is 16.4. The van der Waals surface area contributed by atoms with Crippen LogP contribution in [0.25, 0.3) is 90.9 Å². The van der Waals surface area contributed by atoms with Crippen LogP contribution in [-0.4, -0.2) is 25.7 Å². The van der Waals surface area contributed by atoms with Crippen LogP contribution in [0.15, 0.2) is 144 Å². The third kappa shape index (κ3) is 5.89. The minimum absolute atomic E-state index is 0.911. The molecule has 8 bridgehead atoms. The van der Waals surface area contributed by atoms with Crippen LogP contribution in [0.3, 0.4) is 0 Å². The van der Waals surface area contributed by atoms with E-state index in [1.165, 1.54) is 4.90 Å². The molecule has 0 atom stereocenters. The highest BCUT2D eigenvalue weighted by Gasteiger charge is 2.20. The van der Waals surface area contributed by atoms with Crippen molar-refractivity contribution in [2.45, 2.75) is 18.2 Å². The van der Waals surface area contributed by atoms with Gasteiger partial charge in [-0.3, -0.25) is 0 Å². The second-order valence-electron chi connectivity index (χ2n) is 13.0. The van der Waals surface area contributed by atoms with Gasteiger partial charge in [0.2, 0.25) is 0 Å². The third-order valence-corrected chi connectivity index (χ3v) is 10.8. The molecule has 3 aromatic heterocycles. The molecule has 9 rings (SSSR count). The molecule has 5 heterocycles. The second kappa shape index (κ2) is 13.9. The van der Waals surface area contributed by atoms with Crippen molar-refractivity contribution < 1.29 is 0 Å². The molecule has 0 saturated heterocycles. The first-order valence-electron chi connectivity index (χ1n) is 17.8. The standard InChI is InChI=1S/C47H36N4S/c1-2-29-52-42-30-41-45(33-19-11-5-12-20-33)39-26-25-37(49-39)43(31-15-7-3-8-16-31)35-23-24-36(48-35)44(32-17-9-4-10-18-32)38-27-28-40(50-38)46(47(42)51-41)34-21-13-6-14-22-34/h3-28,30,48,51H,2,29H2,1H3. The molecule has 250 valence electrons. The molecule has 7 aromatic rings. The van der Waals surface area contributed by atoms with Gasteiger partial charge in [-0.25, -0.2) is 9.97 Å². The number of rotatable bonds is 7. The fraction of sp³-hybridized carbons (Fsp3) is 0.0638. The number of aromatic amines is 2. The summed E-state index contributed by atoms with van der Waals surface area (Å²) < 4.78 is 0. The summed E-state index contributed by atoms with van der Waals surface area (Å²) in [6, 6.07) is 49.0. The lowest BCUT2D eigenvalue weighted by Gasteiger charge is -2.07. The van der Waals surface area contributed by atoms with Gasteiger partial charge in [0.1, 0.15) is 0 Å². The minimum atomic E-state index is 0.911. The average Bonchev–Trinajstić information content (AvgIpc) is 4.03. The predicted octanol–water partition coefficient (Wildman–Crippen LogP) is 12.8. The van der Waals surface area contributed by atoms with Gasteiger partial charge in [-0.2, -0.15) is 0 Å². The molecule has 0 saturated carbocycles. The van der Waals surface area contributed by atoms with Crippen LogP contribution in [0.2, 0.25) is 0 Å². The van der Waals surface area contributed by atoms with E-state index < -0.39 is 0 Å². The summed E-state index contributed by atoms with van der Waals surface area (Å²) in [6.45, 7) is 2.24. The summed E-state index contributed by atoms with van der Waals surface area (Å²) >= 11 is 1.89. The summed E-state index contributed by atoms with van der Waals surface area (Å²) in [7, 11) is 0. The van der Waals surface area contributed by atoms with Crippen molar-refractivity contribution in [2.24, 2.45) is 0 Å². The number of nitrogens with zero attached hydrogens (tertiary/aromatic N) is 2. The van der Waals surface area contributed by atoms with Crippen LogP contribution in [0, 0.1) is 0 Å². The minimum Gasteiger partial charge on any atom is -0.354 e. The zero-order chi connectivity index (χ0) is 34.9. The lowest BCUT2D eigenvalue weighted by atomic mass is 10.0. The largest absolute Gasteiger partial charge is 0.354 e. The second-order valence-corrected chi connectivity index (χ2v) is 14.1. The first-order chi connectivity index (χ1) is 25.7. The summed E-state index contributed by atoms with van der Waals surface area (Å²) in [5.74, 6) is 1.00. The van der Waals surface area contributed by atoms with Gasteiger partial charge in [0.15, 0.2) is 0 Å². The Kier molecular flexibility index (Phi) is 8.47. The van der Waals surface area contributed by atoms with E-state index in [2.05, 4.69) is 181 Å². The fourth-order valence-corrected chi connectivity index (χ4v) is 8.14. The Balaban J connectivity index is 1.51. The Morgan fingerprint density at radius 3 is 1.25 bits per heavy atom. The van der Waals surface area contributed by atoms with E-state index in [-0.39, 0.29) is 0 Å². The maximum Gasteiger partial charge on any atom is 0.0737 e. The highest BCUT2D eigenvalue weighted by Crippen LogP contribution is 2.41. The van der Waals surface area contributed by atoms with Crippen LogP contribution in [0.4, 0.5) is 0 Å². The maximum atomic E-state index is 5.46. The molecule has 2 N–H and O–H groups in total. The van der Waals surface area contributed by atoms with Crippen molar-refractivity contribution in [3.05, 3.63) is 162 Å². The van der Waals surface area contributed by atoms with E-state index in [1.54, 1.807) is 0 Å². The van der Waals surface area contributed by atoms with Crippen molar-refractivity contribution >= 4 is 58.1 Å². The maximum absolute atomic E-state index is 5.46. The van der Waals surface area contributed by atoms with Crippen molar-refractivity contribution in [3.8, 4) is 44.5 Å². The molecule has 0 unspecified atom stereocenters. The molecular weight excluding hydrogens is 653 g/mol. The Labute approximate surface area is 307 Å². The zero-order valence-electron chi connectivity index (χ0n) is 28.8. The molecule has 0 spiro atoms. The van der Waals surface area contributed by atoms with Gasteiger partial charge in [-0.05, 0) is 76.9 Å². The summed E-state index contributed by atoms with van der Waals surface area (Å²) in [5, 5.41) is 0. The number of H-pyrrole nitrogens is 2. The third-order valence-electron chi connectivity index (χ3n) is 9.54. The highest BCUT2D eigenvalue weighted by molar-refractivity contribution is 7.99. The lowest BCUT2D eigenvalue weighted by Crippen LogP contribution is -1.89. The van der Waals surface area contributed by atoms with Gasteiger partial charge in [0.25, 0.3) is 0 Å². The predicted molar refractivity (Wildman–Crippen MR) is 222 cm³/mol. The topological polar surface area (TPSA) is 57.4 Å². The van der Waals surface area contributed by atoms with Crippen molar-refractivity contribution in [2.75, 3.05) is 5.75 Å². The van der Waals surface area contributed by atoms with Gasteiger partial charge in [0.05, 0.1) is 28.3 Å². The van der Waals surface area contributed by atoms with Crippen LogP contribution in [0.1, 0.15) is 36.1 Å². The smallest absolute Gasteiger partial charge is 0.0737 e. The molecule has 0 radical (unpaired) electrons. The lowest BCUT2D eigenvalue weighted by molar-refractivity contribution is 1.11. The van der Waals surface area contributed by atoms with Gasteiger partial charge >= 0.3 is 0 Å². The Bertz CT molecular complexity index is 2640. The summed E-state index contributed by atoms with van der Waals surface area (Å²) in [6.07, 6.45) is 9.72. The molecule has 5 heteroatoms. The summed E-state index contributed by atoms with van der Waals surface area (Å²) in [4.78, 5) is 19.9. The van der Waals surface area contributed by atoms with Gasteiger partial charge in [-0.1, -0.05) is 128 Å². The van der Waals surface area contributed by atoms with E-state index in [4.69, 9.17) is 9.97 Å². The van der Waals surface area contributed by atoms with Gasteiger partial charge in [-0.15, -0.1) is 11.8 Å².